The van der Waals surface area contributed by atoms with Crippen LogP contribution in [0, 0.1) is 13.8 Å². The number of pyridine rings is 2. The number of aliphatic carboxylic acids is 1. The van der Waals surface area contributed by atoms with Crippen LogP contribution < -0.4 is 14.8 Å². The maximum atomic E-state index is 13.5. The molecule has 380 valence electrons. The van der Waals surface area contributed by atoms with E-state index < -0.39 is 23.4 Å². The molecule has 10 aromatic rings. The number of amides is 1. The van der Waals surface area contributed by atoms with Crippen molar-refractivity contribution in [2.45, 2.75) is 39.5 Å². The van der Waals surface area contributed by atoms with Crippen molar-refractivity contribution in [1.82, 2.24) is 78.8 Å². The lowest BCUT2D eigenvalue weighted by Crippen LogP contribution is -2.38. The van der Waals surface area contributed by atoms with E-state index >= 15 is 0 Å². The van der Waals surface area contributed by atoms with E-state index in [1.807, 2.05) is 49.1 Å². The number of nitrogens with zero attached hydrogens (tertiary/aromatic N) is 13. The Kier molecular flexibility index (Phi) is 13.8. The molecule has 0 saturated heterocycles. The summed E-state index contributed by atoms with van der Waals surface area (Å²) in [5.74, 6) is -1.08. The van der Waals surface area contributed by atoms with E-state index in [-0.39, 0.29) is 11.1 Å². The number of hydrogen-bond donors (Lipinski definition) is 4. The van der Waals surface area contributed by atoms with Crippen LogP contribution in [0.3, 0.4) is 0 Å². The van der Waals surface area contributed by atoms with Gasteiger partial charge in [-0.15, -0.1) is 0 Å². The molecule has 12 rings (SSSR count). The van der Waals surface area contributed by atoms with E-state index in [9.17, 15) is 19.2 Å². The van der Waals surface area contributed by atoms with E-state index in [0.29, 0.717) is 82.5 Å². The van der Waals surface area contributed by atoms with Crippen molar-refractivity contribution < 1.29 is 33.8 Å². The number of fused-ring (bicyclic) bond motifs is 4. The number of carbonyl (C=O) groups is 4. The predicted octanol–water partition coefficient (Wildman–Crippen LogP) is 4.74. The van der Waals surface area contributed by atoms with E-state index in [1.54, 1.807) is 25.1 Å². The molecule has 2 aliphatic rings. The second-order valence-corrected chi connectivity index (χ2v) is 17.4. The number of ether oxygens (including phenoxy) is 2. The number of Topliss-reactive ketones (excluding diaryl/α,β-unsaturated/α-hetero) is 2. The molecule has 0 saturated carbocycles. The van der Waals surface area contributed by atoms with Crippen molar-refractivity contribution in [3.05, 3.63) is 156 Å². The van der Waals surface area contributed by atoms with Crippen LogP contribution in [-0.2, 0) is 35.3 Å². The first-order valence-electron chi connectivity index (χ1n) is 23.9. The summed E-state index contributed by atoms with van der Waals surface area (Å²) in [5, 5.41) is 21.6. The molecule has 0 atom stereocenters. The highest BCUT2D eigenvalue weighted by molar-refractivity contribution is 6.45. The highest BCUT2D eigenvalue weighted by Gasteiger charge is 2.31. The van der Waals surface area contributed by atoms with Crippen molar-refractivity contribution in [3.63, 3.8) is 0 Å². The summed E-state index contributed by atoms with van der Waals surface area (Å²) < 4.78 is 17.9. The molecule has 10 heterocycles. The molecule has 8 aromatic heterocycles. The van der Waals surface area contributed by atoms with Gasteiger partial charge in [-0.1, -0.05) is 36.4 Å². The Bertz CT molecular complexity index is 3720. The lowest BCUT2D eigenvalue weighted by atomic mass is 10.1. The standard InChI is InChI=1S/C26H24N8O3.C13H11N5O4.C13H15N3/c1-16-29-15-34(31-16)25-23-22(21(37-2)13-28-25)18(12-27-23)24(35)26(36)32-10-8-19-20(9-11-32)33(14-30-19)17-6-4-3-5-7-17;1-6-16-5-18(17-6)12-10-9(8(22-2)4-15-12)7(3-14-10)11(19)13(20)21;1-2-4-11(5-3-1)16-10-15-12-6-8-14-9-7-13(12)16/h3-7,12-15,27H,8-11H2,1-2H3;3-5,14H,1-2H3,(H,20,21);1-5,10,14H,6-9H2. The number of hydrogen-bond acceptors (Lipinski definition) is 15. The lowest BCUT2D eigenvalue weighted by molar-refractivity contribution is -0.131. The van der Waals surface area contributed by atoms with Crippen molar-refractivity contribution in [1.29, 1.82) is 0 Å². The summed E-state index contributed by atoms with van der Waals surface area (Å²) in [6, 6.07) is 20.4. The number of H-pyrrole nitrogens is 2. The summed E-state index contributed by atoms with van der Waals surface area (Å²) in [6.45, 7) is 6.42. The molecule has 1 amide bonds. The molecule has 0 unspecified atom stereocenters. The Morgan fingerprint density at radius 3 is 1.55 bits per heavy atom. The van der Waals surface area contributed by atoms with E-state index in [1.165, 1.54) is 71.8 Å². The van der Waals surface area contributed by atoms with Gasteiger partial charge in [0.05, 0.1) is 83.6 Å². The first-order chi connectivity index (χ1) is 36.5. The molecule has 0 aliphatic carbocycles. The number of rotatable bonds is 10. The number of carboxylic acids is 1. The maximum absolute atomic E-state index is 13.5. The van der Waals surface area contributed by atoms with Gasteiger partial charge >= 0.3 is 5.97 Å². The smallest absolute Gasteiger partial charge is 0.377 e. The Hall–Kier alpha value is -9.64. The van der Waals surface area contributed by atoms with Crippen LogP contribution in [0.1, 0.15) is 55.1 Å². The van der Waals surface area contributed by atoms with Crippen LogP contribution in [0.25, 0.3) is 44.8 Å². The number of methoxy groups -OCH3 is 2. The summed E-state index contributed by atoms with van der Waals surface area (Å²) in [6.07, 6.45) is 15.8. The van der Waals surface area contributed by atoms with Crippen LogP contribution in [0.4, 0.5) is 0 Å². The van der Waals surface area contributed by atoms with Gasteiger partial charge in [-0.3, -0.25) is 14.4 Å². The number of ketones is 2. The Labute approximate surface area is 427 Å². The number of imidazole rings is 2. The zero-order chi connectivity index (χ0) is 52.2. The zero-order valence-electron chi connectivity index (χ0n) is 41.3. The summed E-state index contributed by atoms with van der Waals surface area (Å²) >= 11 is 0. The molecular weight excluding hydrogens is 961 g/mol. The largest absolute Gasteiger partial charge is 0.494 e. The van der Waals surface area contributed by atoms with Gasteiger partial charge in [-0.2, -0.15) is 10.2 Å². The SMILES string of the molecule is COc1cnc(-n2cnc(C)n2)c2[nH]cc(C(=O)C(=O)N3CCc4ncn(-c5ccccc5)c4CC3)c12.COc1cnc(-n2cnc(C)n2)c2[nH]cc(C(=O)C(=O)O)c12.c1ccc(-n2cnc3c2CCNCC3)cc1. The topological polar surface area (TPSA) is 277 Å². The number of benzene rings is 2. The minimum absolute atomic E-state index is 0.000151. The fourth-order valence-electron chi connectivity index (χ4n) is 9.22. The maximum Gasteiger partial charge on any atom is 0.377 e. The van der Waals surface area contributed by atoms with Crippen LogP contribution in [0.15, 0.2) is 111 Å². The van der Waals surface area contributed by atoms with E-state index in [2.05, 4.69) is 88.8 Å². The average Bonchev–Trinajstić information content (AvgIpc) is 4.33. The molecule has 75 heavy (non-hydrogen) atoms. The molecule has 4 N–H and O–H groups in total. The summed E-state index contributed by atoms with van der Waals surface area (Å²) in [5.41, 5.74) is 8.03. The second-order valence-electron chi connectivity index (χ2n) is 17.4. The fourth-order valence-corrected chi connectivity index (χ4v) is 9.22. The number of aryl methyl sites for hydroxylation is 2. The van der Waals surface area contributed by atoms with Crippen molar-refractivity contribution in [3.8, 4) is 34.5 Å². The molecule has 0 bridgehead atoms. The van der Waals surface area contributed by atoms with Gasteiger partial charge in [-0.05, 0) is 38.1 Å². The van der Waals surface area contributed by atoms with Gasteiger partial charge in [0.2, 0.25) is 0 Å². The van der Waals surface area contributed by atoms with Gasteiger partial charge in [0.15, 0.2) is 11.6 Å². The van der Waals surface area contributed by atoms with Crippen molar-refractivity contribution in [2.24, 2.45) is 0 Å². The quantitative estimate of drug-likeness (QED) is 0.106. The number of para-hydroxylation sites is 2. The minimum atomic E-state index is -1.54. The number of aromatic amines is 2. The third kappa shape index (κ3) is 9.73. The van der Waals surface area contributed by atoms with Crippen LogP contribution in [0.2, 0.25) is 0 Å². The summed E-state index contributed by atoms with van der Waals surface area (Å²) in [4.78, 5) is 83.2. The number of nitrogens with one attached hydrogen (secondary N) is 3. The van der Waals surface area contributed by atoms with Crippen molar-refractivity contribution in [2.75, 3.05) is 40.4 Å². The van der Waals surface area contributed by atoms with Crippen LogP contribution in [0.5, 0.6) is 11.5 Å². The number of aromatic nitrogens is 14. The Morgan fingerprint density at radius 1 is 0.573 bits per heavy atom. The molecule has 2 aliphatic heterocycles. The monoisotopic (exact) mass is 1010 g/mol. The van der Waals surface area contributed by atoms with Gasteiger partial charge < -0.3 is 43.9 Å². The number of carbonyl (C=O) groups excluding carboxylic acids is 3. The first-order valence-corrected chi connectivity index (χ1v) is 23.9. The molecule has 0 radical (unpaired) electrons. The number of carboxylic acid groups (broad SMARTS) is 1. The molecule has 23 nitrogen and oxygen atoms in total. The highest BCUT2D eigenvalue weighted by Crippen LogP contribution is 2.33. The second kappa shape index (κ2) is 21.2. The van der Waals surface area contributed by atoms with Gasteiger partial charge in [0.25, 0.3) is 17.5 Å². The lowest BCUT2D eigenvalue weighted by Gasteiger charge is -2.19. The average molecular weight is 1010 g/mol. The fraction of sp³-hybridized carbons (Fsp3) is 0.231. The van der Waals surface area contributed by atoms with Gasteiger partial charge in [0.1, 0.15) is 35.8 Å². The van der Waals surface area contributed by atoms with Gasteiger partial charge in [-0.25, -0.2) is 44.1 Å². The van der Waals surface area contributed by atoms with Crippen LogP contribution in [-0.4, -0.2) is 142 Å². The minimum Gasteiger partial charge on any atom is -0.494 e. The van der Waals surface area contributed by atoms with Crippen molar-refractivity contribution >= 4 is 45.2 Å². The Morgan fingerprint density at radius 2 is 1.05 bits per heavy atom. The normalized spacial score (nSPS) is 13.1. The molecule has 2 aromatic carbocycles. The molecule has 0 fully saturated rings. The van der Waals surface area contributed by atoms with Gasteiger partial charge in [0, 0.05) is 87.0 Å². The Balaban J connectivity index is 0.000000142. The van der Waals surface area contributed by atoms with E-state index in [4.69, 9.17) is 14.6 Å². The molecule has 23 heteroatoms. The zero-order valence-corrected chi connectivity index (χ0v) is 41.3. The van der Waals surface area contributed by atoms with Crippen LogP contribution >= 0.6 is 0 Å². The van der Waals surface area contributed by atoms with E-state index in [0.717, 1.165) is 43.0 Å². The predicted molar refractivity (Wildman–Crippen MR) is 272 cm³/mol. The highest BCUT2D eigenvalue weighted by atomic mass is 16.5. The third-order valence-electron chi connectivity index (χ3n) is 12.8. The first kappa shape index (κ1) is 49.0. The molecular formula is C52H50N16O7. The summed E-state index contributed by atoms with van der Waals surface area (Å²) in [7, 11) is 2.91. The third-order valence-corrected chi connectivity index (χ3v) is 12.8. The molecule has 0 spiro atoms.